The van der Waals surface area contributed by atoms with Gasteiger partial charge >= 0.3 is 12.1 Å². The Morgan fingerprint density at radius 2 is 2.04 bits per heavy atom. The lowest BCUT2D eigenvalue weighted by Crippen LogP contribution is -2.47. The van der Waals surface area contributed by atoms with E-state index in [4.69, 9.17) is 0 Å². The summed E-state index contributed by atoms with van der Waals surface area (Å²) < 4.78 is 40.9. The van der Waals surface area contributed by atoms with E-state index in [9.17, 15) is 28.3 Å². The molecule has 0 aromatic carbocycles. The van der Waals surface area contributed by atoms with Gasteiger partial charge in [0.05, 0.1) is 11.5 Å². The van der Waals surface area contributed by atoms with Crippen molar-refractivity contribution in [1.82, 2.24) is 4.98 Å². The molecule has 3 aliphatic rings. The van der Waals surface area contributed by atoms with E-state index in [0.29, 0.717) is 19.6 Å². The molecule has 1 aromatic heterocycles. The van der Waals surface area contributed by atoms with Gasteiger partial charge in [-0.1, -0.05) is 6.92 Å². The molecule has 0 bridgehead atoms. The first-order chi connectivity index (χ1) is 13.1. The molecule has 9 heteroatoms. The van der Waals surface area contributed by atoms with Crippen LogP contribution in [0.4, 0.5) is 24.8 Å². The maximum atomic E-state index is 13.6. The lowest BCUT2D eigenvalue weighted by Gasteiger charge is -2.41. The summed E-state index contributed by atoms with van der Waals surface area (Å²) in [6.45, 7) is 5.15. The molecule has 0 spiro atoms. The van der Waals surface area contributed by atoms with Gasteiger partial charge in [0.1, 0.15) is 23.3 Å². The van der Waals surface area contributed by atoms with E-state index in [1.54, 1.807) is 22.8 Å². The van der Waals surface area contributed by atoms with Crippen molar-refractivity contribution >= 4 is 17.6 Å². The highest BCUT2D eigenvalue weighted by Gasteiger charge is 2.59. The van der Waals surface area contributed by atoms with Gasteiger partial charge in [-0.05, 0) is 37.2 Å². The van der Waals surface area contributed by atoms with Crippen molar-refractivity contribution in [3.05, 3.63) is 17.2 Å². The fourth-order valence-electron chi connectivity index (χ4n) is 4.72. The number of hydrogen-bond donors (Lipinski definition) is 1. The van der Waals surface area contributed by atoms with Crippen molar-refractivity contribution in [2.75, 3.05) is 29.4 Å². The van der Waals surface area contributed by atoms with E-state index in [1.165, 1.54) is 0 Å². The van der Waals surface area contributed by atoms with E-state index in [0.717, 1.165) is 12.5 Å². The Hall–Kier alpha value is -2.50. The summed E-state index contributed by atoms with van der Waals surface area (Å²) in [7, 11) is 0. The van der Waals surface area contributed by atoms with Crippen LogP contribution in [-0.4, -0.2) is 41.7 Å². The average Bonchev–Trinajstić information content (AvgIpc) is 3.10. The van der Waals surface area contributed by atoms with Crippen LogP contribution in [0.3, 0.4) is 0 Å². The molecule has 150 valence electrons. The van der Waals surface area contributed by atoms with Gasteiger partial charge in [-0.3, -0.25) is 4.79 Å². The van der Waals surface area contributed by atoms with Crippen LogP contribution in [0.2, 0.25) is 0 Å². The second-order valence-electron chi connectivity index (χ2n) is 8.10. The number of nitriles is 1. The molecule has 5 atom stereocenters. The van der Waals surface area contributed by atoms with E-state index < -0.39 is 29.2 Å². The Balaban J connectivity index is 1.65. The van der Waals surface area contributed by atoms with Crippen LogP contribution < -0.4 is 9.80 Å². The molecule has 0 radical (unpaired) electrons. The summed E-state index contributed by atoms with van der Waals surface area (Å²) in [4.78, 5) is 19.2. The number of hydrogen-bond acceptors (Lipinski definition) is 5. The Bertz CT molecular complexity index is 854. The summed E-state index contributed by atoms with van der Waals surface area (Å²) in [5, 5.41) is 18.6. The SMILES string of the molecule is C[C@H](C(=O)O)C1[C@H]2CN(c3cc(C(F)(F)F)c(C#N)c(N4CC[C@@H]4C)n3)C[C@@H]12. The lowest BCUT2D eigenvalue weighted by atomic mass is 10.0. The number of nitrogens with zero attached hydrogens (tertiary/aromatic N) is 4. The molecular formula is C19H21F3N4O2. The van der Waals surface area contributed by atoms with Crippen molar-refractivity contribution in [3.63, 3.8) is 0 Å². The Kier molecular flexibility index (Phi) is 4.21. The molecule has 3 fully saturated rings. The summed E-state index contributed by atoms with van der Waals surface area (Å²) in [5.74, 6) is -0.556. The number of aliphatic carboxylic acids is 1. The van der Waals surface area contributed by atoms with Crippen LogP contribution in [0, 0.1) is 35.0 Å². The second-order valence-corrected chi connectivity index (χ2v) is 8.10. The Labute approximate surface area is 160 Å². The van der Waals surface area contributed by atoms with E-state index in [1.807, 2.05) is 6.92 Å². The number of halogens is 3. The van der Waals surface area contributed by atoms with Crippen molar-refractivity contribution in [2.24, 2.45) is 23.7 Å². The van der Waals surface area contributed by atoms with Crippen molar-refractivity contribution in [3.8, 4) is 6.07 Å². The van der Waals surface area contributed by atoms with Gasteiger partial charge in [0, 0.05) is 25.7 Å². The highest BCUT2D eigenvalue weighted by molar-refractivity contribution is 5.71. The predicted octanol–water partition coefficient (Wildman–Crippen LogP) is 2.97. The zero-order valence-corrected chi connectivity index (χ0v) is 15.6. The number of aromatic nitrogens is 1. The number of fused-ring (bicyclic) bond motifs is 1. The monoisotopic (exact) mass is 394 g/mol. The number of alkyl halides is 3. The number of piperidine rings is 1. The summed E-state index contributed by atoms with van der Waals surface area (Å²) >= 11 is 0. The molecule has 0 amide bonds. The standard InChI is InChI=1S/C19H21F3N4O2/c1-9-3-4-26(9)17-11(6-23)14(19(20,21)22)5-15(24-17)25-7-12-13(8-25)16(12)10(2)18(27)28/h5,9-10,12-13,16H,3-4,7-8H2,1-2H3,(H,27,28)/t9-,10-,12-,13+,16?/m0/s1. The van der Waals surface area contributed by atoms with Crippen LogP contribution in [0.5, 0.6) is 0 Å². The second kappa shape index (κ2) is 6.26. The molecule has 1 unspecified atom stereocenters. The molecule has 1 aliphatic carbocycles. The van der Waals surface area contributed by atoms with Crippen molar-refractivity contribution < 1.29 is 23.1 Å². The molecule has 1 saturated carbocycles. The van der Waals surface area contributed by atoms with Crippen LogP contribution in [0.25, 0.3) is 0 Å². The van der Waals surface area contributed by atoms with Crippen LogP contribution in [0.1, 0.15) is 31.4 Å². The fraction of sp³-hybridized carbons (Fsp3) is 0.632. The van der Waals surface area contributed by atoms with Crippen molar-refractivity contribution in [1.29, 1.82) is 5.26 Å². The number of carboxylic acids is 1. The third-order valence-electron chi connectivity index (χ3n) is 6.55. The molecule has 2 aliphatic heterocycles. The first-order valence-corrected chi connectivity index (χ1v) is 9.40. The molecule has 28 heavy (non-hydrogen) atoms. The van der Waals surface area contributed by atoms with Crippen LogP contribution in [0.15, 0.2) is 6.07 Å². The first kappa shape index (κ1) is 18.8. The third-order valence-corrected chi connectivity index (χ3v) is 6.55. The highest BCUT2D eigenvalue weighted by atomic mass is 19.4. The zero-order chi connectivity index (χ0) is 20.4. The average molecular weight is 394 g/mol. The normalized spacial score (nSPS) is 29.7. The van der Waals surface area contributed by atoms with Gasteiger partial charge in [0.15, 0.2) is 0 Å². The summed E-state index contributed by atoms with van der Waals surface area (Å²) in [6.07, 6.45) is -3.80. The number of rotatable bonds is 4. The molecular weight excluding hydrogens is 373 g/mol. The van der Waals surface area contributed by atoms with Crippen molar-refractivity contribution in [2.45, 2.75) is 32.5 Å². The van der Waals surface area contributed by atoms with E-state index >= 15 is 0 Å². The Morgan fingerprint density at radius 1 is 1.39 bits per heavy atom. The Morgan fingerprint density at radius 3 is 2.46 bits per heavy atom. The number of pyridine rings is 1. The zero-order valence-electron chi connectivity index (χ0n) is 15.6. The van der Waals surface area contributed by atoms with Gasteiger partial charge in [0.25, 0.3) is 0 Å². The maximum Gasteiger partial charge on any atom is 0.417 e. The lowest BCUT2D eigenvalue weighted by molar-refractivity contribution is -0.142. The maximum absolute atomic E-state index is 13.6. The van der Waals surface area contributed by atoms with Gasteiger partial charge in [-0.15, -0.1) is 0 Å². The van der Waals surface area contributed by atoms with Gasteiger partial charge < -0.3 is 14.9 Å². The molecule has 4 rings (SSSR count). The number of anilines is 2. The molecule has 1 N–H and O–H groups in total. The first-order valence-electron chi connectivity index (χ1n) is 9.40. The van der Waals surface area contributed by atoms with Gasteiger partial charge in [-0.25, -0.2) is 4.98 Å². The van der Waals surface area contributed by atoms with E-state index in [2.05, 4.69) is 4.98 Å². The molecule has 6 nitrogen and oxygen atoms in total. The third kappa shape index (κ3) is 2.86. The largest absolute Gasteiger partial charge is 0.481 e. The summed E-state index contributed by atoms with van der Waals surface area (Å²) in [6, 6.07) is 2.71. The molecule has 1 aromatic rings. The minimum atomic E-state index is -4.64. The molecule has 2 saturated heterocycles. The minimum Gasteiger partial charge on any atom is -0.481 e. The van der Waals surface area contributed by atoms with Gasteiger partial charge in [0.2, 0.25) is 0 Å². The van der Waals surface area contributed by atoms with Gasteiger partial charge in [-0.2, -0.15) is 18.4 Å². The summed E-state index contributed by atoms with van der Waals surface area (Å²) in [5.41, 5.74) is -1.38. The highest BCUT2D eigenvalue weighted by Crippen LogP contribution is 2.56. The fourth-order valence-corrected chi connectivity index (χ4v) is 4.72. The van der Waals surface area contributed by atoms with E-state index in [-0.39, 0.29) is 35.4 Å². The quantitative estimate of drug-likeness (QED) is 0.846. The predicted molar refractivity (Wildman–Crippen MR) is 94.9 cm³/mol. The van der Waals surface area contributed by atoms with Crippen LogP contribution >= 0.6 is 0 Å². The minimum absolute atomic E-state index is 0.0451. The number of carboxylic acid groups (broad SMARTS) is 1. The smallest absolute Gasteiger partial charge is 0.417 e. The topological polar surface area (TPSA) is 80.5 Å². The molecule has 3 heterocycles. The van der Waals surface area contributed by atoms with Crippen LogP contribution in [-0.2, 0) is 11.0 Å². The number of carbonyl (C=O) groups is 1.